The van der Waals surface area contributed by atoms with Gasteiger partial charge >= 0.3 is 0 Å². The maximum Gasteiger partial charge on any atom is 0.259 e. The summed E-state index contributed by atoms with van der Waals surface area (Å²) in [4.78, 5) is 7.80. The van der Waals surface area contributed by atoms with Gasteiger partial charge in [-0.3, -0.25) is 4.40 Å². The normalized spacial score (nSPS) is 12.4. The van der Waals surface area contributed by atoms with Crippen molar-refractivity contribution in [3.63, 3.8) is 0 Å². The summed E-state index contributed by atoms with van der Waals surface area (Å²) in [6.07, 6.45) is 4.13. The molecule has 124 valence electrons. The Morgan fingerprint density at radius 3 is 3.04 bits per heavy atom. The zero-order valence-corrected chi connectivity index (χ0v) is 14.7. The highest BCUT2D eigenvalue weighted by molar-refractivity contribution is 7.89. The number of sulfonamides is 1. The van der Waals surface area contributed by atoms with Gasteiger partial charge in [0.2, 0.25) is 0 Å². The van der Waals surface area contributed by atoms with Crippen molar-refractivity contribution in [1.82, 2.24) is 19.1 Å². The molecule has 0 aliphatic rings. The number of imidazole rings is 1. The summed E-state index contributed by atoms with van der Waals surface area (Å²) < 4.78 is 29.2. The Bertz CT molecular complexity index is 1130. The molecule has 0 atom stereocenters. The van der Waals surface area contributed by atoms with E-state index in [0.717, 1.165) is 16.5 Å². The van der Waals surface area contributed by atoms with E-state index >= 15 is 0 Å². The summed E-state index contributed by atoms with van der Waals surface area (Å²) in [5.74, 6) is 0. The molecule has 4 rings (SSSR count). The molecule has 0 aliphatic carbocycles. The predicted molar refractivity (Wildman–Crippen MR) is 95.3 cm³/mol. The van der Waals surface area contributed by atoms with Crippen molar-refractivity contribution in [3.8, 4) is 0 Å². The molecule has 1 aromatic carbocycles. The van der Waals surface area contributed by atoms with Crippen LogP contribution < -0.4 is 4.72 Å². The molecule has 0 bridgehead atoms. The van der Waals surface area contributed by atoms with E-state index in [-0.39, 0.29) is 16.7 Å². The molecule has 0 spiro atoms. The fraction of sp³-hybridized carbons (Fsp3) is 0.133. The third-order valence-electron chi connectivity index (χ3n) is 3.79. The molecular formula is C15H13ClN4O2S2. The molecule has 2 N–H and O–H groups in total. The second kappa shape index (κ2) is 5.89. The zero-order valence-electron chi connectivity index (χ0n) is 12.4. The third-order valence-corrected chi connectivity index (χ3v) is 6.41. The predicted octanol–water partition coefficient (Wildman–Crippen LogP) is 3.05. The van der Waals surface area contributed by atoms with Crippen LogP contribution in [-0.4, -0.2) is 29.3 Å². The molecule has 0 unspecified atom stereocenters. The van der Waals surface area contributed by atoms with Gasteiger partial charge in [-0.2, -0.15) is 0 Å². The van der Waals surface area contributed by atoms with Crippen molar-refractivity contribution in [3.05, 3.63) is 52.8 Å². The van der Waals surface area contributed by atoms with E-state index in [4.69, 9.17) is 11.6 Å². The summed E-state index contributed by atoms with van der Waals surface area (Å²) >= 11 is 7.33. The molecule has 9 heteroatoms. The van der Waals surface area contributed by atoms with E-state index in [1.165, 1.54) is 15.7 Å². The molecule has 0 amide bonds. The van der Waals surface area contributed by atoms with Gasteiger partial charge < -0.3 is 4.98 Å². The van der Waals surface area contributed by atoms with Crippen LogP contribution in [0.25, 0.3) is 15.9 Å². The standard InChI is InChI=1S/C15H13ClN4O2S2/c16-13-14(20-7-8-23-15(20)19-13)24(21,22)18-6-5-10-9-17-12-4-2-1-3-11(10)12/h1-4,7-9,17-18H,5-6H2. The lowest BCUT2D eigenvalue weighted by molar-refractivity contribution is 0.577. The first kappa shape index (κ1) is 15.6. The number of aromatic nitrogens is 3. The van der Waals surface area contributed by atoms with E-state index in [9.17, 15) is 8.42 Å². The van der Waals surface area contributed by atoms with Gasteiger partial charge in [0.05, 0.1) is 0 Å². The minimum atomic E-state index is -3.74. The molecule has 4 aromatic rings. The molecule has 3 aromatic heterocycles. The lowest BCUT2D eigenvalue weighted by Gasteiger charge is -2.06. The number of fused-ring (bicyclic) bond motifs is 2. The van der Waals surface area contributed by atoms with Gasteiger partial charge in [0, 0.05) is 35.2 Å². The zero-order chi connectivity index (χ0) is 16.7. The number of nitrogens with zero attached hydrogens (tertiary/aromatic N) is 2. The molecule has 24 heavy (non-hydrogen) atoms. The van der Waals surface area contributed by atoms with E-state index in [1.54, 1.807) is 11.6 Å². The second-order valence-electron chi connectivity index (χ2n) is 5.27. The lowest BCUT2D eigenvalue weighted by Crippen LogP contribution is -2.27. The van der Waals surface area contributed by atoms with E-state index < -0.39 is 10.0 Å². The maximum atomic E-state index is 12.6. The Morgan fingerprint density at radius 2 is 2.17 bits per heavy atom. The lowest BCUT2D eigenvalue weighted by atomic mass is 10.1. The van der Waals surface area contributed by atoms with Crippen LogP contribution in [0.4, 0.5) is 0 Å². The summed E-state index contributed by atoms with van der Waals surface area (Å²) in [6, 6.07) is 7.92. The maximum absolute atomic E-state index is 12.6. The van der Waals surface area contributed by atoms with Crippen LogP contribution in [0.1, 0.15) is 5.56 Å². The van der Waals surface area contributed by atoms with Crippen LogP contribution >= 0.6 is 22.9 Å². The number of nitrogens with one attached hydrogen (secondary N) is 2. The van der Waals surface area contributed by atoms with Gasteiger partial charge in [0.1, 0.15) is 0 Å². The van der Waals surface area contributed by atoms with Crippen molar-refractivity contribution in [2.24, 2.45) is 0 Å². The minimum Gasteiger partial charge on any atom is -0.361 e. The van der Waals surface area contributed by atoms with Gasteiger partial charge in [-0.1, -0.05) is 29.8 Å². The summed E-state index contributed by atoms with van der Waals surface area (Å²) in [5.41, 5.74) is 2.10. The molecule has 6 nitrogen and oxygen atoms in total. The fourth-order valence-electron chi connectivity index (χ4n) is 2.71. The molecule has 0 saturated carbocycles. The van der Waals surface area contributed by atoms with Crippen LogP contribution in [-0.2, 0) is 16.4 Å². The van der Waals surface area contributed by atoms with Crippen molar-refractivity contribution in [2.75, 3.05) is 6.54 Å². The second-order valence-corrected chi connectivity index (χ2v) is 8.18. The molecule has 0 saturated heterocycles. The average molecular weight is 381 g/mol. The van der Waals surface area contributed by atoms with Gasteiger partial charge in [-0.05, 0) is 18.1 Å². The molecule has 0 aliphatic heterocycles. The van der Waals surface area contributed by atoms with E-state index in [0.29, 0.717) is 11.4 Å². The van der Waals surface area contributed by atoms with Crippen LogP contribution in [0, 0.1) is 0 Å². The minimum absolute atomic E-state index is 0.0126. The molecule has 3 heterocycles. The third kappa shape index (κ3) is 2.61. The highest BCUT2D eigenvalue weighted by Gasteiger charge is 2.24. The smallest absolute Gasteiger partial charge is 0.259 e. The number of para-hydroxylation sites is 1. The summed E-state index contributed by atoms with van der Waals surface area (Å²) in [6.45, 7) is 0.276. The Hall–Kier alpha value is -1.87. The highest BCUT2D eigenvalue weighted by Crippen LogP contribution is 2.25. The Kier molecular flexibility index (Phi) is 3.84. The number of thiazole rings is 1. The highest BCUT2D eigenvalue weighted by atomic mass is 35.5. The van der Waals surface area contributed by atoms with Gasteiger partial charge in [-0.15, -0.1) is 11.3 Å². The van der Waals surface area contributed by atoms with Crippen LogP contribution in [0.2, 0.25) is 5.15 Å². The van der Waals surface area contributed by atoms with E-state index in [2.05, 4.69) is 14.7 Å². The Balaban J connectivity index is 1.55. The largest absolute Gasteiger partial charge is 0.361 e. The summed E-state index contributed by atoms with van der Waals surface area (Å²) in [7, 11) is -3.74. The van der Waals surface area contributed by atoms with Gasteiger partial charge in [0.25, 0.3) is 10.0 Å². The van der Waals surface area contributed by atoms with E-state index in [1.807, 2.05) is 30.5 Å². The SMILES string of the molecule is O=S(=O)(NCCc1c[nH]c2ccccc12)c1c(Cl)nc2sccn12. The first-order chi connectivity index (χ1) is 11.6. The molecule has 0 radical (unpaired) electrons. The van der Waals surface area contributed by atoms with Gasteiger partial charge in [-0.25, -0.2) is 18.1 Å². The number of hydrogen-bond acceptors (Lipinski definition) is 4. The fourth-order valence-corrected chi connectivity index (χ4v) is 5.18. The van der Waals surface area contributed by atoms with Crippen LogP contribution in [0.15, 0.2) is 47.1 Å². The van der Waals surface area contributed by atoms with Crippen LogP contribution in [0.5, 0.6) is 0 Å². The number of hydrogen-bond donors (Lipinski definition) is 2. The first-order valence-corrected chi connectivity index (χ1v) is 9.96. The number of rotatable bonds is 5. The monoisotopic (exact) mass is 380 g/mol. The summed E-state index contributed by atoms with van der Waals surface area (Å²) in [5, 5.41) is 2.84. The quantitative estimate of drug-likeness (QED) is 0.558. The Morgan fingerprint density at radius 1 is 1.33 bits per heavy atom. The number of halogens is 1. The number of H-pyrrole nitrogens is 1. The van der Waals surface area contributed by atoms with Crippen molar-refractivity contribution >= 4 is 48.8 Å². The average Bonchev–Trinajstić information content (AvgIpc) is 3.21. The van der Waals surface area contributed by atoms with Crippen molar-refractivity contribution in [2.45, 2.75) is 11.4 Å². The molecular weight excluding hydrogens is 368 g/mol. The van der Waals surface area contributed by atoms with Crippen molar-refractivity contribution in [1.29, 1.82) is 0 Å². The Labute approximate surface area is 147 Å². The van der Waals surface area contributed by atoms with Crippen molar-refractivity contribution < 1.29 is 8.42 Å². The van der Waals surface area contributed by atoms with Gasteiger partial charge in [0.15, 0.2) is 15.1 Å². The topological polar surface area (TPSA) is 79.3 Å². The number of benzene rings is 1. The molecule has 0 fully saturated rings. The number of aromatic amines is 1. The first-order valence-electron chi connectivity index (χ1n) is 7.22. The van der Waals surface area contributed by atoms with Crippen LogP contribution in [0.3, 0.4) is 0 Å².